The van der Waals surface area contributed by atoms with Crippen LogP contribution in [-0.2, 0) is 24.4 Å². The second-order valence-corrected chi connectivity index (χ2v) is 6.25. The van der Waals surface area contributed by atoms with Crippen LogP contribution in [0.2, 0.25) is 0 Å². The highest BCUT2D eigenvalue weighted by Gasteiger charge is 2.13. The maximum absolute atomic E-state index is 13.0. The standard InChI is InChI=1S/C19H28FN5O.HI/c1-14-18(15(2)25(23-14)10-11-26-5)12-22-19(21-3)24(4)13-16-6-8-17(20)9-7-16;/h6-9H,10-13H2,1-5H3,(H,21,22);1H. The number of aromatic nitrogens is 2. The highest BCUT2D eigenvalue weighted by atomic mass is 127. The van der Waals surface area contributed by atoms with Gasteiger partial charge in [0.1, 0.15) is 5.82 Å². The van der Waals surface area contributed by atoms with Crippen molar-refractivity contribution in [2.24, 2.45) is 4.99 Å². The van der Waals surface area contributed by atoms with Gasteiger partial charge in [-0.25, -0.2) is 4.39 Å². The van der Waals surface area contributed by atoms with Gasteiger partial charge in [-0.3, -0.25) is 9.67 Å². The molecule has 0 saturated heterocycles. The molecule has 1 N–H and O–H groups in total. The van der Waals surface area contributed by atoms with Crippen molar-refractivity contribution in [2.75, 3.05) is 27.8 Å². The molecule has 0 amide bonds. The molecule has 0 radical (unpaired) electrons. The van der Waals surface area contributed by atoms with Crippen LogP contribution in [0.4, 0.5) is 4.39 Å². The van der Waals surface area contributed by atoms with E-state index in [1.165, 1.54) is 12.1 Å². The van der Waals surface area contributed by atoms with Crippen LogP contribution in [0.25, 0.3) is 0 Å². The summed E-state index contributed by atoms with van der Waals surface area (Å²) in [5.74, 6) is 0.549. The minimum atomic E-state index is -0.227. The summed E-state index contributed by atoms with van der Waals surface area (Å²) in [5, 5.41) is 7.97. The number of methoxy groups -OCH3 is 1. The van der Waals surface area contributed by atoms with Crippen molar-refractivity contribution in [1.29, 1.82) is 0 Å². The number of ether oxygens (including phenoxy) is 1. The van der Waals surface area contributed by atoms with E-state index in [0.29, 0.717) is 19.7 Å². The summed E-state index contributed by atoms with van der Waals surface area (Å²) in [6.45, 7) is 6.74. The van der Waals surface area contributed by atoms with Crippen molar-refractivity contribution in [3.8, 4) is 0 Å². The lowest BCUT2D eigenvalue weighted by molar-refractivity contribution is 0.182. The fourth-order valence-corrected chi connectivity index (χ4v) is 2.88. The molecule has 0 aliphatic rings. The monoisotopic (exact) mass is 489 g/mol. The van der Waals surface area contributed by atoms with Crippen molar-refractivity contribution < 1.29 is 9.13 Å². The number of nitrogens with zero attached hydrogens (tertiary/aromatic N) is 4. The first-order valence-electron chi connectivity index (χ1n) is 8.64. The van der Waals surface area contributed by atoms with E-state index in [2.05, 4.69) is 22.3 Å². The lowest BCUT2D eigenvalue weighted by Crippen LogP contribution is -2.38. The van der Waals surface area contributed by atoms with E-state index < -0.39 is 0 Å². The molecule has 0 saturated carbocycles. The fourth-order valence-electron chi connectivity index (χ4n) is 2.88. The lowest BCUT2D eigenvalue weighted by atomic mass is 10.2. The highest BCUT2D eigenvalue weighted by Crippen LogP contribution is 2.13. The zero-order chi connectivity index (χ0) is 19.1. The molecule has 0 aliphatic heterocycles. The summed E-state index contributed by atoms with van der Waals surface area (Å²) < 4.78 is 20.2. The van der Waals surface area contributed by atoms with E-state index >= 15 is 0 Å². The van der Waals surface area contributed by atoms with E-state index in [4.69, 9.17) is 4.74 Å². The molecule has 0 aliphatic carbocycles. The summed E-state index contributed by atoms with van der Waals surface area (Å²) in [6.07, 6.45) is 0. The predicted molar refractivity (Wildman–Crippen MR) is 117 cm³/mol. The largest absolute Gasteiger partial charge is 0.383 e. The average molecular weight is 489 g/mol. The second kappa shape index (κ2) is 11.2. The number of aliphatic imine (C=N–C) groups is 1. The average Bonchev–Trinajstić information content (AvgIpc) is 2.89. The van der Waals surface area contributed by atoms with Crippen LogP contribution in [0.3, 0.4) is 0 Å². The van der Waals surface area contributed by atoms with Crippen LogP contribution in [0.1, 0.15) is 22.5 Å². The van der Waals surface area contributed by atoms with Gasteiger partial charge in [0.15, 0.2) is 5.96 Å². The Bertz CT molecular complexity index is 745. The quantitative estimate of drug-likeness (QED) is 0.369. The third-order valence-corrected chi connectivity index (χ3v) is 4.37. The van der Waals surface area contributed by atoms with Gasteiger partial charge in [-0.05, 0) is 31.5 Å². The Hall–Kier alpha value is -1.68. The Morgan fingerprint density at radius 2 is 1.96 bits per heavy atom. The molecular weight excluding hydrogens is 460 g/mol. The molecule has 0 spiro atoms. The summed E-state index contributed by atoms with van der Waals surface area (Å²) in [6, 6.07) is 6.52. The minimum absolute atomic E-state index is 0. The molecule has 1 heterocycles. The van der Waals surface area contributed by atoms with Gasteiger partial charge in [0.25, 0.3) is 0 Å². The third-order valence-electron chi connectivity index (χ3n) is 4.37. The van der Waals surface area contributed by atoms with E-state index in [1.807, 2.05) is 23.6 Å². The van der Waals surface area contributed by atoms with Gasteiger partial charge >= 0.3 is 0 Å². The molecule has 8 heteroatoms. The van der Waals surface area contributed by atoms with Gasteiger partial charge in [-0.1, -0.05) is 12.1 Å². The molecule has 1 aromatic carbocycles. The number of guanidine groups is 1. The van der Waals surface area contributed by atoms with Gasteiger partial charge < -0.3 is 15.0 Å². The van der Waals surface area contributed by atoms with E-state index in [1.54, 1.807) is 26.3 Å². The lowest BCUT2D eigenvalue weighted by Gasteiger charge is -2.22. The van der Waals surface area contributed by atoms with Gasteiger partial charge in [0.2, 0.25) is 0 Å². The van der Waals surface area contributed by atoms with Crippen LogP contribution < -0.4 is 5.32 Å². The summed E-state index contributed by atoms with van der Waals surface area (Å²) >= 11 is 0. The Kier molecular flexibility index (Phi) is 9.71. The van der Waals surface area contributed by atoms with E-state index in [-0.39, 0.29) is 29.8 Å². The Labute approximate surface area is 177 Å². The molecule has 6 nitrogen and oxygen atoms in total. The Balaban J connectivity index is 0.00000364. The first-order chi connectivity index (χ1) is 12.5. The van der Waals surface area contributed by atoms with Crippen molar-refractivity contribution >= 4 is 29.9 Å². The fraction of sp³-hybridized carbons (Fsp3) is 0.474. The molecule has 2 aromatic rings. The third kappa shape index (κ3) is 6.46. The van der Waals surface area contributed by atoms with Crippen LogP contribution in [0.5, 0.6) is 0 Å². The van der Waals surface area contributed by atoms with E-state index in [0.717, 1.165) is 35.0 Å². The highest BCUT2D eigenvalue weighted by molar-refractivity contribution is 14.0. The van der Waals surface area contributed by atoms with Gasteiger partial charge in [0, 0.05) is 45.6 Å². The molecular formula is C19H29FIN5O. The number of benzene rings is 1. The summed E-state index contributed by atoms with van der Waals surface area (Å²) in [7, 11) is 5.40. The maximum Gasteiger partial charge on any atom is 0.193 e. The second-order valence-electron chi connectivity index (χ2n) is 6.25. The summed E-state index contributed by atoms with van der Waals surface area (Å²) in [4.78, 5) is 6.35. The SMILES string of the molecule is CN=C(NCc1c(C)nn(CCOC)c1C)N(C)Cc1ccc(F)cc1.I. The van der Waals surface area contributed by atoms with Crippen LogP contribution >= 0.6 is 24.0 Å². The number of hydrogen-bond donors (Lipinski definition) is 1. The van der Waals surface area contributed by atoms with Crippen molar-refractivity contribution in [2.45, 2.75) is 33.5 Å². The number of hydrogen-bond acceptors (Lipinski definition) is 3. The number of nitrogens with one attached hydrogen (secondary N) is 1. The van der Waals surface area contributed by atoms with Crippen LogP contribution in [0, 0.1) is 19.7 Å². The van der Waals surface area contributed by atoms with Crippen LogP contribution in [0.15, 0.2) is 29.3 Å². The predicted octanol–water partition coefficient (Wildman–Crippen LogP) is 3.11. The molecule has 0 bridgehead atoms. The molecule has 0 fully saturated rings. The topological polar surface area (TPSA) is 54.7 Å². The molecule has 0 atom stereocenters. The molecule has 1 aromatic heterocycles. The van der Waals surface area contributed by atoms with E-state index in [9.17, 15) is 4.39 Å². The molecule has 27 heavy (non-hydrogen) atoms. The smallest absolute Gasteiger partial charge is 0.193 e. The van der Waals surface area contributed by atoms with Crippen molar-refractivity contribution in [1.82, 2.24) is 20.0 Å². The maximum atomic E-state index is 13.0. The number of rotatable bonds is 7. The van der Waals surface area contributed by atoms with Crippen LogP contribution in [-0.4, -0.2) is 48.5 Å². The molecule has 0 unspecified atom stereocenters. The number of aryl methyl sites for hydroxylation is 1. The van der Waals surface area contributed by atoms with Gasteiger partial charge in [-0.15, -0.1) is 24.0 Å². The number of halogens is 2. The van der Waals surface area contributed by atoms with Crippen molar-refractivity contribution in [3.63, 3.8) is 0 Å². The molecule has 2 rings (SSSR count). The zero-order valence-electron chi connectivity index (χ0n) is 16.6. The Morgan fingerprint density at radius 1 is 1.30 bits per heavy atom. The van der Waals surface area contributed by atoms with Gasteiger partial charge in [0.05, 0.1) is 18.8 Å². The first kappa shape index (κ1) is 23.4. The van der Waals surface area contributed by atoms with Crippen molar-refractivity contribution in [3.05, 3.63) is 52.6 Å². The molecule has 150 valence electrons. The first-order valence-corrected chi connectivity index (χ1v) is 8.64. The Morgan fingerprint density at radius 3 is 2.56 bits per heavy atom. The summed E-state index contributed by atoms with van der Waals surface area (Å²) in [5.41, 5.74) is 4.32. The zero-order valence-corrected chi connectivity index (χ0v) is 19.0. The minimum Gasteiger partial charge on any atom is -0.383 e. The van der Waals surface area contributed by atoms with Gasteiger partial charge in [-0.2, -0.15) is 5.10 Å². The normalized spacial score (nSPS) is 11.3.